The average molecular weight is 844 g/mol. The molecule has 66 heavy (non-hydrogen) atoms. The molecule has 3 nitrogen and oxygen atoms in total. The minimum absolute atomic E-state index is 0.196. The first-order chi connectivity index (χ1) is 32.5. The van der Waals surface area contributed by atoms with Crippen molar-refractivity contribution in [2.45, 2.75) is 19.3 Å². The third-order valence-electron chi connectivity index (χ3n) is 14.1. The predicted molar refractivity (Wildman–Crippen MR) is 278 cm³/mol. The fourth-order valence-corrected chi connectivity index (χ4v) is 11.1. The van der Waals surface area contributed by atoms with Crippen LogP contribution in [-0.4, -0.2) is 9.13 Å². The van der Waals surface area contributed by atoms with Crippen LogP contribution in [0.1, 0.15) is 25.0 Å². The monoisotopic (exact) mass is 843 g/mol. The van der Waals surface area contributed by atoms with E-state index in [0.717, 1.165) is 50.6 Å². The highest BCUT2D eigenvalue weighted by atomic mass is 15.2. The van der Waals surface area contributed by atoms with Gasteiger partial charge in [-0.15, -0.1) is 0 Å². The molecule has 10 aromatic carbocycles. The summed E-state index contributed by atoms with van der Waals surface area (Å²) in [6, 6.07) is 87.1. The Balaban J connectivity index is 1.18. The van der Waals surface area contributed by atoms with E-state index in [-0.39, 0.29) is 5.41 Å². The lowest BCUT2D eigenvalue weighted by Gasteiger charge is -2.32. The standard InChI is InChI=1S/C63H45N3/c1-63(2)55-30-16-12-27-49(55)50-36-35-46(41-56(50)63)66(57-31-17-13-26-47(57)42-20-6-3-7-21-42)61-48(37-38-53-51-28-14-19-33-59(51)65(62(53)61)45-24-10-5-11-25-45)43-34-39-60-54(40-43)52-29-15-18-32-58(52)64(60)44-22-8-4-9-23-44/h3-41H,1-2H3. The highest BCUT2D eigenvalue weighted by Crippen LogP contribution is 2.54. The minimum Gasteiger partial charge on any atom is -0.309 e. The molecule has 0 unspecified atom stereocenters. The summed E-state index contributed by atoms with van der Waals surface area (Å²) in [4.78, 5) is 2.58. The summed E-state index contributed by atoms with van der Waals surface area (Å²) >= 11 is 0. The van der Waals surface area contributed by atoms with Crippen LogP contribution in [0.2, 0.25) is 0 Å². The van der Waals surface area contributed by atoms with Gasteiger partial charge in [0.25, 0.3) is 0 Å². The lowest BCUT2D eigenvalue weighted by atomic mass is 9.82. The maximum absolute atomic E-state index is 2.58. The number of nitrogens with zero attached hydrogens (tertiary/aromatic N) is 3. The van der Waals surface area contributed by atoms with Gasteiger partial charge in [-0.2, -0.15) is 0 Å². The first-order valence-corrected chi connectivity index (χ1v) is 22.9. The molecule has 312 valence electrons. The van der Waals surface area contributed by atoms with Crippen LogP contribution in [0.3, 0.4) is 0 Å². The summed E-state index contributed by atoms with van der Waals surface area (Å²) in [5.74, 6) is 0. The Bertz CT molecular complexity index is 3840. The zero-order valence-electron chi connectivity index (χ0n) is 36.9. The zero-order valence-corrected chi connectivity index (χ0v) is 36.9. The number of fused-ring (bicyclic) bond motifs is 9. The third-order valence-corrected chi connectivity index (χ3v) is 14.1. The molecular weight excluding hydrogens is 799 g/mol. The summed E-state index contributed by atoms with van der Waals surface area (Å²) in [5, 5.41) is 4.86. The maximum Gasteiger partial charge on any atom is 0.0788 e. The summed E-state index contributed by atoms with van der Waals surface area (Å²) < 4.78 is 4.90. The number of anilines is 3. The summed E-state index contributed by atoms with van der Waals surface area (Å²) in [6.07, 6.45) is 0. The van der Waals surface area contributed by atoms with Crippen LogP contribution < -0.4 is 4.90 Å². The van der Waals surface area contributed by atoms with E-state index in [1.54, 1.807) is 0 Å². The van der Waals surface area contributed by atoms with Gasteiger partial charge >= 0.3 is 0 Å². The molecule has 0 aliphatic heterocycles. The molecule has 12 aromatic rings. The van der Waals surface area contributed by atoms with E-state index in [0.29, 0.717) is 0 Å². The molecule has 1 aliphatic rings. The lowest BCUT2D eigenvalue weighted by Crippen LogP contribution is -2.17. The topological polar surface area (TPSA) is 13.1 Å². The lowest BCUT2D eigenvalue weighted by molar-refractivity contribution is 0.660. The van der Waals surface area contributed by atoms with Crippen LogP contribution >= 0.6 is 0 Å². The number of para-hydroxylation sites is 5. The van der Waals surface area contributed by atoms with Crippen molar-refractivity contribution in [2.24, 2.45) is 0 Å². The second-order valence-corrected chi connectivity index (χ2v) is 18.1. The van der Waals surface area contributed by atoms with E-state index >= 15 is 0 Å². The number of hydrogen-bond donors (Lipinski definition) is 0. The van der Waals surface area contributed by atoms with Gasteiger partial charge in [-0.3, -0.25) is 0 Å². The van der Waals surface area contributed by atoms with Crippen molar-refractivity contribution in [3.05, 3.63) is 248 Å². The van der Waals surface area contributed by atoms with E-state index in [9.17, 15) is 0 Å². The van der Waals surface area contributed by atoms with Crippen molar-refractivity contribution >= 4 is 60.7 Å². The summed E-state index contributed by atoms with van der Waals surface area (Å²) in [5.41, 5.74) is 20.0. The van der Waals surface area contributed by atoms with Gasteiger partial charge in [0.05, 0.1) is 33.4 Å². The van der Waals surface area contributed by atoms with E-state index < -0.39 is 0 Å². The fourth-order valence-electron chi connectivity index (χ4n) is 11.1. The second-order valence-electron chi connectivity index (χ2n) is 18.1. The first-order valence-electron chi connectivity index (χ1n) is 22.9. The Morgan fingerprint density at radius 3 is 1.64 bits per heavy atom. The largest absolute Gasteiger partial charge is 0.309 e. The van der Waals surface area contributed by atoms with Gasteiger partial charge in [0.2, 0.25) is 0 Å². The molecule has 0 atom stereocenters. The van der Waals surface area contributed by atoms with Crippen molar-refractivity contribution in [3.63, 3.8) is 0 Å². The molecule has 3 heteroatoms. The predicted octanol–water partition coefficient (Wildman–Crippen LogP) is 17.0. The van der Waals surface area contributed by atoms with Crippen molar-refractivity contribution in [1.29, 1.82) is 0 Å². The van der Waals surface area contributed by atoms with Gasteiger partial charge in [0.1, 0.15) is 0 Å². The van der Waals surface area contributed by atoms with Crippen LogP contribution in [0.4, 0.5) is 17.1 Å². The van der Waals surface area contributed by atoms with Gasteiger partial charge < -0.3 is 14.0 Å². The highest BCUT2D eigenvalue weighted by Gasteiger charge is 2.36. The van der Waals surface area contributed by atoms with E-state index in [4.69, 9.17) is 0 Å². The van der Waals surface area contributed by atoms with Crippen LogP contribution in [-0.2, 0) is 5.41 Å². The number of aromatic nitrogens is 2. The van der Waals surface area contributed by atoms with Gasteiger partial charge in [0.15, 0.2) is 0 Å². The molecule has 0 saturated carbocycles. The van der Waals surface area contributed by atoms with Crippen molar-refractivity contribution in [1.82, 2.24) is 9.13 Å². The first kappa shape index (κ1) is 38.1. The van der Waals surface area contributed by atoms with Crippen molar-refractivity contribution in [3.8, 4) is 44.8 Å². The Morgan fingerprint density at radius 2 is 0.894 bits per heavy atom. The number of benzene rings is 10. The van der Waals surface area contributed by atoms with E-state index in [1.807, 2.05) is 0 Å². The van der Waals surface area contributed by atoms with Gasteiger partial charge in [-0.05, 0) is 100 Å². The quantitative estimate of drug-likeness (QED) is 0.156. The molecule has 0 spiro atoms. The zero-order chi connectivity index (χ0) is 43.9. The Labute approximate surface area is 384 Å². The molecule has 13 rings (SSSR count). The molecule has 0 fully saturated rings. The van der Waals surface area contributed by atoms with Crippen molar-refractivity contribution in [2.75, 3.05) is 4.90 Å². The van der Waals surface area contributed by atoms with Crippen LogP contribution in [0.25, 0.3) is 88.4 Å². The molecule has 2 aromatic heterocycles. The smallest absolute Gasteiger partial charge is 0.0788 e. The van der Waals surface area contributed by atoms with Crippen LogP contribution in [0, 0.1) is 0 Å². The summed E-state index contributed by atoms with van der Waals surface area (Å²) in [6.45, 7) is 4.76. The molecule has 0 radical (unpaired) electrons. The second kappa shape index (κ2) is 14.8. The number of hydrogen-bond acceptors (Lipinski definition) is 1. The normalized spacial score (nSPS) is 12.8. The molecule has 0 saturated heterocycles. The third kappa shape index (κ3) is 5.70. The van der Waals surface area contributed by atoms with Gasteiger partial charge in [0, 0.05) is 55.1 Å². The molecule has 0 amide bonds. The van der Waals surface area contributed by atoms with Crippen LogP contribution in [0.15, 0.2) is 237 Å². The molecule has 0 bridgehead atoms. The summed E-state index contributed by atoms with van der Waals surface area (Å²) in [7, 11) is 0. The van der Waals surface area contributed by atoms with E-state index in [2.05, 4.69) is 264 Å². The minimum atomic E-state index is -0.196. The SMILES string of the molecule is CC1(C)c2ccccc2-c2ccc(N(c3ccccc3-c3ccccc3)c3c(-c4ccc5c(c4)c4ccccc4n5-c4ccccc4)ccc4c5ccccc5n(-c5ccccc5)c34)cc21. The maximum atomic E-state index is 2.58. The fraction of sp³-hybridized carbons (Fsp3) is 0.0476. The molecule has 1 aliphatic carbocycles. The Hall–Kier alpha value is -8.40. The van der Waals surface area contributed by atoms with Crippen LogP contribution in [0.5, 0.6) is 0 Å². The molecule has 2 heterocycles. The van der Waals surface area contributed by atoms with Gasteiger partial charge in [-0.25, -0.2) is 0 Å². The van der Waals surface area contributed by atoms with Gasteiger partial charge in [-0.1, -0.05) is 184 Å². The number of rotatable bonds is 7. The Kier molecular flexibility index (Phi) is 8.56. The van der Waals surface area contributed by atoms with E-state index in [1.165, 1.54) is 65.9 Å². The van der Waals surface area contributed by atoms with Crippen molar-refractivity contribution < 1.29 is 0 Å². The highest BCUT2D eigenvalue weighted by molar-refractivity contribution is 6.19. The molecule has 0 N–H and O–H groups in total. The molecular formula is C63H45N3. The average Bonchev–Trinajstić information content (AvgIpc) is 3.98. The Morgan fingerprint density at radius 1 is 0.348 bits per heavy atom.